The van der Waals surface area contributed by atoms with Gasteiger partial charge in [0, 0.05) is 30.6 Å². The number of carboxylic acids is 1. The molecule has 0 saturated carbocycles. The molecule has 1 rings (SSSR count). The number of amides is 1. The molecule has 0 bridgehead atoms. The minimum absolute atomic E-state index is 0.0410. The van der Waals surface area contributed by atoms with Gasteiger partial charge in [-0.05, 0) is 0 Å². The molecule has 1 fully saturated rings. The normalized spacial score (nSPS) is 20.8. The Labute approximate surface area is 105 Å². The van der Waals surface area contributed by atoms with E-state index in [0.29, 0.717) is 6.54 Å². The number of hydrogen-bond acceptors (Lipinski definition) is 4. The van der Waals surface area contributed by atoms with Crippen molar-refractivity contribution < 1.29 is 14.7 Å². The summed E-state index contributed by atoms with van der Waals surface area (Å²) in [6.45, 7) is 5.01. The zero-order valence-corrected chi connectivity index (χ0v) is 10.5. The molecule has 0 aromatic carbocycles. The lowest BCUT2D eigenvalue weighted by Gasteiger charge is -2.33. The number of nitrogens with one attached hydrogen (secondary N) is 1. The third kappa shape index (κ3) is 5.23. The molecule has 2 N–H and O–H groups in total. The Morgan fingerprint density at radius 2 is 2.35 bits per heavy atom. The van der Waals surface area contributed by atoms with Crippen molar-refractivity contribution >= 4 is 23.6 Å². The van der Waals surface area contributed by atoms with Gasteiger partial charge in [-0.2, -0.15) is 11.8 Å². The molecule has 0 aromatic heterocycles. The van der Waals surface area contributed by atoms with Crippen molar-refractivity contribution in [3.63, 3.8) is 0 Å². The fourth-order valence-electron chi connectivity index (χ4n) is 1.71. The molecule has 0 aromatic rings. The smallest absolute Gasteiger partial charge is 0.304 e. The van der Waals surface area contributed by atoms with E-state index in [1.165, 1.54) is 0 Å². The predicted octanol–water partition coefficient (Wildman–Crippen LogP) is 0.181. The van der Waals surface area contributed by atoms with E-state index >= 15 is 0 Å². The molecule has 96 valence electrons. The average molecular weight is 258 g/mol. The minimum atomic E-state index is -0.811. The minimum Gasteiger partial charge on any atom is -0.481 e. The molecule has 1 aliphatic rings. The Hall–Kier alpha value is -1.01. The second-order valence-electron chi connectivity index (χ2n) is 3.89. The first-order valence-electron chi connectivity index (χ1n) is 5.54. The maximum Gasteiger partial charge on any atom is 0.304 e. The third-order valence-corrected chi connectivity index (χ3v) is 3.64. The molecule has 0 radical (unpaired) electrons. The molecule has 0 spiro atoms. The fraction of sp³-hybridized carbons (Fsp3) is 0.636. The Balaban J connectivity index is 2.44. The van der Waals surface area contributed by atoms with E-state index in [2.05, 4.69) is 11.9 Å². The highest BCUT2D eigenvalue weighted by atomic mass is 32.2. The maximum absolute atomic E-state index is 11.5. The summed E-state index contributed by atoms with van der Waals surface area (Å²) in [6.07, 6.45) is 1.72. The molecule has 1 aliphatic heterocycles. The lowest BCUT2D eigenvalue weighted by atomic mass is 10.2. The SMILES string of the molecule is C=CCNC(=O)CN1CCSCC1CC(=O)O. The first kappa shape index (κ1) is 14.1. The molecule has 1 amide bonds. The fourth-order valence-corrected chi connectivity index (χ4v) is 2.84. The van der Waals surface area contributed by atoms with Crippen LogP contribution in [-0.4, -0.2) is 59.1 Å². The van der Waals surface area contributed by atoms with Gasteiger partial charge in [-0.15, -0.1) is 6.58 Å². The van der Waals surface area contributed by atoms with E-state index in [0.717, 1.165) is 18.1 Å². The zero-order valence-electron chi connectivity index (χ0n) is 9.72. The van der Waals surface area contributed by atoms with Crippen molar-refractivity contribution in [2.24, 2.45) is 0 Å². The van der Waals surface area contributed by atoms with Crippen LogP contribution in [-0.2, 0) is 9.59 Å². The predicted molar refractivity (Wildman–Crippen MR) is 68.1 cm³/mol. The van der Waals surface area contributed by atoms with Crippen LogP contribution in [0.3, 0.4) is 0 Å². The second-order valence-corrected chi connectivity index (χ2v) is 5.04. The summed E-state index contributed by atoms with van der Waals surface area (Å²) in [5, 5.41) is 11.5. The average Bonchev–Trinajstić information content (AvgIpc) is 2.28. The molecule has 6 heteroatoms. The van der Waals surface area contributed by atoms with E-state index in [9.17, 15) is 9.59 Å². The molecule has 1 saturated heterocycles. The number of aliphatic carboxylic acids is 1. The van der Waals surface area contributed by atoms with Crippen LogP contribution >= 0.6 is 11.8 Å². The van der Waals surface area contributed by atoms with Gasteiger partial charge in [0.05, 0.1) is 13.0 Å². The number of nitrogens with zero attached hydrogens (tertiary/aromatic N) is 1. The van der Waals surface area contributed by atoms with Crippen molar-refractivity contribution in [2.45, 2.75) is 12.5 Å². The molecule has 1 atom stereocenters. The molecule has 1 unspecified atom stereocenters. The molecule has 0 aliphatic carbocycles. The molecule has 5 nitrogen and oxygen atoms in total. The van der Waals surface area contributed by atoms with Gasteiger partial charge in [0.15, 0.2) is 0 Å². The highest BCUT2D eigenvalue weighted by Gasteiger charge is 2.26. The number of carbonyl (C=O) groups is 2. The van der Waals surface area contributed by atoms with E-state index in [1.807, 2.05) is 4.90 Å². The summed E-state index contributed by atoms with van der Waals surface area (Å²) in [5.41, 5.74) is 0. The first-order chi connectivity index (χ1) is 8.13. The van der Waals surface area contributed by atoms with Crippen LogP contribution in [0.2, 0.25) is 0 Å². The molecular formula is C11H18N2O3S. The second kappa shape index (κ2) is 7.34. The van der Waals surface area contributed by atoms with Gasteiger partial charge in [-0.1, -0.05) is 6.08 Å². The molecular weight excluding hydrogens is 240 g/mol. The Morgan fingerprint density at radius 3 is 3.00 bits per heavy atom. The van der Waals surface area contributed by atoms with Gasteiger partial charge in [0.2, 0.25) is 5.91 Å². The van der Waals surface area contributed by atoms with Crippen molar-refractivity contribution in [3.05, 3.63) is 12.7 Å². The highest BCUT2D eigenvalue weighted by Crippen LogP contribution is 2.18. The Bertz CT molecular complexity index is 296. The van der Waals surface area contributed by atoms with Crippen LogP contribution in [0, 0.1) is 0 Å². The van der Waals surface area contributed by atoms with Crippen molar-refractivity contribution in [1.82, 2.24) is 10.2 Å². The summed E-state index contributed by atoms with van der Waals surface area (Å²) in [7, 11) is 0. The summed E-state index contributed by atoms with van der Waals surface area (Å²) < 4.78 is 0. The van der Waals surface area contributed by atoms with Crippen LogP contribution in [0.5, 0.6) is 0 Å². The van der Waals surface area contributed by atoms with E-state index in [4.69, 9.17) is 5.11 Å². The van der Waals surface area contributed by atoms with E-state index < -0.39 is 5.97 Å². The van der Waals surface area contributed by atoms with Crippen LogP contribution in [0.15, 0.2) is 12.7 Å². The highest BCUT2D eigenvalue weighted by molar-refractivity contribution is 7.99. The largest absolute Gasteiger partial charge is 0.481 e. The standard InChI is InChI=1S/C11H18N2O3S/c1-2-3-12-10(14)7-13-4-5-17-8-9(13)6-11(15)16/h2,9H,1,3-8H2,(H,12,14)(H,15,16). The topological polar surface area (TPSA) is 69.6 Å². The van der Waals surface area contributed by atoms with Crippen molar-refractivity contribution in [1.29, 1.82) is 0 Å². The van der Waals surface area contributed by atoms with Gasteiger partial charge in [-0.3, -0.25) is 14.5 Å². The van der Waals surface area contributed by atoms with Gasteiger partial charge in [0.1, 0.15) is 0 Å². The van der Waals surface area contributed by atoms with Gasteiger partial charge >= 0.3 is 5.97 Å². The van der Waals surface area contributed by atoms with Crippen molar-refractivity contribution in [2.75, 3.05) is 31.1 Å². The first-order valence-corrected chi connectivity index (χ1v) is 6.70. The van der Waals surface area contributed by atoms with Crippen molar-refractivity contribution in [3.8, 4) is 0 Å². The van der Waals surface area contributed by atoms with E-state index in [-0.39, 0.29) is 24.9 Å². The van der Waals surface area contributed by atoms with Crippen LogP contribution in [0.4, 0.5) is 0 Å². The number of thioether (sulfide) groups is 1. The zero-order chi connectivity index (χ0) is 12.7. The molecule has 1 heterocycles. The number of carboxylic acid groups (broad SMARTS) is 1. The summed E-state index contributed by atoms with van der Waals surface area (Å²) >= 11 is 1.74. The number of hydrogen-bond donors (Lipinski definition) is 2. The monoisotopic (exact) mass is 258 g/mol. The summed E-state index contributed by atoms with van der Waals surface area (Å²) in [4.78, 5) is 24.2. The van der Waals surface area contributed by atoms with Gasteiger partial charge in [0.25, 0.3) is 0 Å². The lowest BCUT2D eigenvalue weighted by Crippen LogP contribution is -2.48. The Kier molecular flexibility index (Phi) is 6.07. The van der Waals surface area contributed by atoms with Crippen LogP contribution < -0.4 is 5.32 Å². The van der Waals surface area contributed by atoms with E-state index in [1.54, 1.807) is 17.8 Å². The number of rotatable bonds is 6. The van der Waals surface area contributed by atoms with Gasteiger partial charge < -0.3 is 10.4 Å². The third-order valence-electron chi connectivity index (χ3n) is 2.55. The van der Waals surface area contributed by atoms with Crippen LogP contribution in [0.25, 0.3) is 0 Å². The lowest BCUT2D eigenvalue weighted by molar-refractivity contribution is -0.138. The maximum atomic E-state index is 11.5. The van der Waals surface area contributed by atoms with Gasteiger partial charge in [-0.25, -0.2) is 0 Å². The summed E-state index contributed by atoms with van der Waals surface area (Å²) in [6, 6.07) is -0.0410. The Morgan fingerprint density at radius 1 is 1.59 bits per heavy atom. The quantitative estimate of drug-likeness (QED) is 0.665. The number of carbonyl (C=O) groups excluding carboxylic acids is 1. The molecule has 17 heavy (non-hydrogen) atoms. The van der Waals surface area contributed by atoms with Crippen LogP contribution in [0.1, 0.15) is 6.42 Å². The summed E-state index contributed by atoms with van der Waals surface area (Å²) in [5.74, 6) is 0.840.